The molecule has 0 bridgehead atoms. The molecule has 0 radical (unpaired) electrons. The van der Waals surface area contributed by atoms with Crippen LogP contribution in [0.4, 0.5) is 4.39 Å². The number of halogens is 1. The van der Waals surface area contributed by atoms with Gasteiger partial charge in [-0.2, -0.15) is 0 Å². The Kier molecular flexibility index (Phi) is 3.38. The van der Waals surface area contributed by atoms with Gasteiger partial charge in [-0.3, -0.25) is 0 Å². The molecule has 0 heterocycles. The molecule has 0 unspecified atom stereocenters. The van der Waals surface area contributed by atoms with E-state index in [9.17, 15) is 9.50 Å². The molecule has 0 aliphatic heterocycles. The van der Waals surface area contributed by atoms with Gasteiger partial charge in [0.25, 0.3) is 0 Å². The van der Waals surface area contributed by atoms with Gasteiger partial charge in [0.15, 0.2) is 0 Å². The van der Waals surface area contributed by atoms with Crippen molar-refractivity contribution in [2.24, 2.45) is 5.73 Å². The number of phenolic OH excluding ortho intramolecular Hbond substituents is 1. The standard InChI is InChI=1S/C14H20FNO/c1-10-11(15)5-6-12(17)13(10)14(9-16)7-3-2-4-8-14/h5-6,17H,2-4,7-9,16H2,1H3. The number of phenols is 1. The van der Waals surface area contributed by atoms with E-state index in [-0.39, 0.29) is 17.0 Å². The van der Waals surface area contributed by atoms with Gasteiger partial charge in [-0.25, -0.2) is 4.39 Å². The van der Waals surface area contributed by atoms with Gasteiger partial charge in [0.1, 0.15) is 11.6 Å². The van der Waals surface area contributed by atoms with Crippen molar-refractivity contribution in [1.82, 2.24) is 0 Å². The lowest BCUT2D eigenvalue weighted by atomic mass is 9.68. The predicted molar refractivity (Wildman–Crippen MR) is 66.6 cm³/mol. The fourth-order valence-corrected chi connectivity index (χ4v) is 3.13. The fourth-order valence-electron chi connectivity index (χ4n) is 3.13. The Hall–Kier alpha value is -1.09. The molecule has 1 aliphatic rings. The molecule has 2 rings (SSSR count). The zero-order valence-corrected chi connectivity index (χ0v) is 10.3. The summed E-state index contributed by atoms with van der Waals surface area (Å²) >= 11 is 0. The summed E-state index contributed by atoms with van der Waals surface area (Å²) in [6.45, 7) is 2.21. The number of benzene rings is 1. The Balaban J connectivity index is 2.53. The first-order chi connectivity index (χ1) is 8.10. The summed E-state index contributed by atoms with van der Waals surface area (Å²) in [5.41, 5.74) is 6.99. The van der Waals surface area contributed by atoms with Gasteiger partial charge in [-0.1, -0.05) is 19.3 Å². The third-order valence-corrected chi connectivity index (χ3v) is 4.11. The van der Waals surface area contributed by atoms with Crippen molar-refractivity contribution < 1.29 is 9.50 Å². The highest BCUT2D eigenvalue weighted by Crippen LogP contribution is 2.44. The lowest BCUT2D eigenvalue weighted by molar-refractivity contribution is 0.288. The lowest BCUT2D eigenvalue weighted by Crippen LogP contribution is -2.38. The van der Waals surface area contributed by atoms with Crippen LogP contribution in [-0.2, 0) is 5.41 Å². The van der Waals surface area contributed by atoms with E-state index < -0.39 is 0 Å². The molecule has 0 saturated heterocycles. The number of hydrogen-bond donors (Lipinski definition) is 2. The first-order valence-electron chi connectivity index (χ1n) is 6.29. The summed E-state index contributed by atoms with van der Waals surface area (Å²) in [7, 11) is 0. The number of nitrogens with two attached hydrogens (primary N) is 1. The van der Waals surface area contributed by atoms with E-state index in [1.807, 2.05) is 0 Å². The van der Waals surface area contributed by atoms with Gasteiger partial charge in [0.2, 0.25) is 0 Å². The topological polar surface area (TPSA) is 46.2 Å². The van der Waals surface area contributed by atoms with E-state index in [1.165, 1.54) is 18.6 Å². The van der Waals surface area contributed by atoms with Crippen LogP contribution in [0.5, 0.6) is 5.75 Å². The highest BCUT2D eigenvalue weighted by atomic mass is 19.1. The molecule has 1 aromatic rings. The maximum absolute atomic E-state index is 13.7. The summed E-state index contributed by atoms with van der Waals surface area (Å²) in [5, 5.41) is 10.0. The predicted octanol–water partition coefficient (Wildman–Crippen LogP) is 3.00. The van der Waals surface area contributed by atoms with Crippen LogP contribution < -0.4 is 5.73 Å². The second-order valence-electron chi connectivity index (χ2n) is 5.11. The van der Waals surface area contributed by atoms with Crippen LogP contribution in [-0.4, -0.2) is 11.7 Å². The van der Waals surface area contributed by atoms with Crippen LogP contribution in [0, 0.1) is 12.7 Å². The number of rotatable bonds is 2. The van der Waals surface area contributed by atoms with Gasteiger partial charge >= 0.3 is 0 Å². The van der Waals surface area contributed by atoms with Gasteiger partial charge in [-0.05, 0) is 37.5 Å². The van der Waals surface area contributed by atoms with E-state index in [2.05, 4.69) is 0 Å². The Morgan fingerprint density at radius 3 is 2.53 bits per heavy atom. The maximum Gasteiger partial charge on any atom is 0.126 e. The summed E-state index contributed by atoms with van der Waals surface area (Å²) in [5.74, 6) is -0.0625. The van der Waals surface area contributed by atoms with Gasteiger partial charge in [0, 0.05) is 17.5 Å². The molecule has 1 saturated carbocycles. The van der Waals surface area contributed by atoms with Crippen molar-refractivity contribution in [3.8, 4) is 5.75 Å². The quantitative estimate of drug-likeness (QED) is 0.830. The van der Waals surface area contributed by atoms with Crippen LogP contribution >= 0.6 is 0 Å². The minimum atomic E-state index is -0.254. The van der Waals surface area contributed by atoms with Crippen LogP contribution in [0.3, 0.4) is 0 Å². The molecule has 0 atom stereocenters. The molecule has 1 fully saturated rings. The largest absolute Gasteiger partial charge is 0.508 e. The molecule has 17 heavy (non-hydrogen) atoms. The molecule has 0 amide bonds. The van der Waals surface area contributed by atoms with Gasteiger partial charge in [-0.15, -0.1) is 0 Å². The van der Waals surface area contributed by atoms with E-state index in [1.54, 1.807) is 6.92 Å². The molecule has 2 nitrogen and oxygen atoms in total. The molecule has 3 heteroatoms. The van der Waals surface area contributed by atoms with Crippen molar-refractivity contribution in [3.05, 3.63) is 29.1 Å². The average molecular weight is 237 g/mol. The van der Waals surface area contributed by atoms with Crippen molar-refractivity contribution in [2.75, 3.05) is 6.54 Å². The summed E-state index contributed by atoms with van der Waals surface area (Å²) in [6.07, 6.45) is 5.30. The Bertz CT molecular complexity index is 411. The van der Waals surface area contributed by atoms with Crippen molar-refractivity contribution >= 4 is 0 Å². The molecule has 0 spiro atoms. The highest BCUT2D eigenvalue weighted by Gasteiger charge is 2.36. The third-order valence-electron chi connectivity index (χ3n) is 4.11. The molecule has 1 aromatic carbocycles. The zero-order chi connectivity index (χ0) is 12.5. The van der Waals surface area contributed by atoms with E-state index in [0.29, 0.717) is 12.1 Å². The van der Waals surface area contributed by atoms with E-state index in [0.717, 1.165) is 31.2 Å². The fraction of sp³-hybridized carbons (Fsp3) is 0.571. The molecule has 1 aliphatic carbocycles. The summed E-state index contributed by atoms with van der Waals surface area (Å²) in [4.78, 5) is 0. The molecular weight excluding hydrogens is 217 g/mol. The van der Waals surface area contributed by atoms with E-state index in [4.69, 9.17) is 5.73 Å². The van der Waals surface area contributed by atoms with Crippen LogP contribution in [0.25, 0.3) is 0 Å². The molecule has 3 N–H and O–H groups in total. The minimum absolute atomic E-state index is 0.191. The van der Waals surface area contributed by atoms with Crippen molar-refractivity contribution in [2.45, 2.75) is 44.4 Å². The summed E-state index contributed by atoms with van der Waals surface area (Å²) in [6, 6.07) is 2.77. The lowest BCUT2D eigenvalue weighted by Gasteiger charge is -2.38. The Labute approximate surface area is 102 Å². The Morgan fingerprint density at radius 1 is 1.29 bits per heavy atom. The van der Waals surface area contributed by atoms with Crippen LogP contribution in [0.15, 0.2) is 12.1 Å². The summed E-state index contributed by atoms with van der Waals surface area (Å²) < 4.78 is 13.7. The monoisotopic (exact) mass is 237 g/mol. The molecular formula is C14H20FNO. The number of hydrogen-bond acceptors (Lipinski definition) is 2. The smallest absolute Gasteiger partial charge is 0.126 e. The third kappa shape index (κ3) is 2.04. The minimum Gasteiger partial charge on any atom is -0.508 e. The van der Waals surface area contributed by atoms with Gasteiger partial charge < -0.3 is 10.8 Å². The number of aromatic hydroxyl groups is 1. The molecule has 94 valence electrons. The normalized spacial score (nSPS) is 19.2. The van der Waals surface area contributed by atoms with E-state index >= 15 is 0 Å². The second-order valence-corrected chi connectivity index (χ2v) is 5.11. The first-order valence-corrected chi connectivity index (χ1v) is 6.29. The highest BCUT2D eigenvalue weighted by molar-refractivity contribution is 5.45. The first kappa shape index (κ1) is 12.4. The SMILES string of the molecule is Cc1c(F)ccc(O)c1C1(CN)CCCCC1. The second kappa shape index (κ2) is 4.65. The molecule has 0 aromatic heterocycles. The van der Waals surface area contributed by atoms with Crippen molar-refractivity contribution in [1.29, 1.82) is 0 Å². The van der Waals surface area contributed by atoms with Crippen molar-refractivity contribution in [3.63, 3.8) is 0 Å². The van der Waals surface area contributed by atoms with Crippen LogP contribution in [0.1, 0.15) is 43.2 Å². The van der Waals surface area contributed by atoms with Crippen LogP contribution in [0.2, 0.25) is 0 Å². The zero-order valence-electron chi connectivity index (χ0n) is 10.3. The average Bonchev–Trinajstić information content (AvgIpc) is 2.35. The maximum atomic E-state index is 13.7. The Morgan fingerprint density at radius 2 is 1.94 bits per heavy atom. The van der Waals surface area contributed by atoms with Gasteiger partial charge in [0.05, 0.1) is 0 Å².